The van der Waals surface area contributed by atoms with Crippen LogP contribution in [0.25, 0.3) is 0 Å². The average Bonchev–Trinajstić information content (AvgIpc) is 2.72. The van der Waals surface area contributed by atoms with Gasteiger partial charge in [0.2, 0.25) is 5.91 Å². The first-order chi connectivity index (χ1) is 14.7. The van der Waals surface area contributed by atoms with Crippen molar-refractivity contribution in [3.8, 4) is 0 Å². The topological polar surface area (TPSA) is 63.2 Å². The Bertz CT molecular complexity index is 1160. The van der Waals surface area contributed by atoms with Crippen molar-refractivity contribution in [3.05, 3.63) is 101 Å². The van der Waals surface area contributed by atoms with Crippen LogP contribution in [0.1, 0.15) is 29.2 Å². The zero-order valence-electron chi connectivity index (χ0n) is 17.0. The summed E-state index contributed by atoms with van der Waals surface area (Å²) >= 11 is 0. The molecule has 3 aromatic carbocycles. The summed E-state index contributed by atoms with van der Waals surface area (Å²) in [5.41, 5.74) is 2.08. The largest absolute Gasteiger partial charge is 0.349 e. The van der Waals surface area contributed by atoms with Gasteiger partial charge in [-0.1, -0.05) is 42.0 Å². The van der Waals surface area contributed by atoms with Crippen LogP contribution in [0, 0.1) is 18.6 Å². The maximum atomic E-state index is 13.7. The second kappa shape index (κ2) is 9.83. The van der Waals surface area contributed by atoms with E-state index < -0.39 is 33.4 Å². The minimum Gasteiger partial charge on any atom is -0.349 e. The summed E-state index contributed by atoms with van der Waals surface area (Å²) < 4.78 is 52.3. The Morgan fingerprint density at radius 1 is 0.935 bits per heavy atom. The van der Waals surface area contributed by atoms with Crippen LogP contribution in [-0.4, -0.2) is 20.1 Å². The summed E-state index contributed by atoms with van der Waals surface area (Å²) in [5.74, 6) is -1.71. The fourth-order valence-corrected chi connectivity index (χ4v) is 4.47. The average molecular weight is 444 g/mol. The highest BCUT2D eigenvalue weighted by Crippen LogP contribution is 2.21. The van der Waals surface area contributed by atoms with Crippen molar-refractivity contribution < 1.29 is 22.0 Å². The van der Waals surface area contributed by atoms with Gasteiger partial charge in [-0.3, -0.25) is 4.79 Å². The van der Waals surface area contributed by atoms with Gasteiger partial charge in [0.05, 0.1) is 16.7 Å². The van der Waals surface area contributed by atoms with Gasteiger partial charge in [0.1, 0.15) is 11.6 Å². The third-order valence-corrected chi connectivity index (χ3v) is 6.63. The molecule has 3 aromatic rings. The number of nitrogens with one attached hydrogen (secondary N) is 1. The van der Waals surface area contributed by atoms with E-state index in [9.17, 15) is 22.0 Å². The molecule has 0 aliphatic heterocycles. The van der Waals surface area contributed by atoms with Crippen LogP contribution >= 0.6 is 0 Å². The number of amides is 1. The highest BCUT2D eigenvalue weighted by atomic mass is 32.2. The molecule has 0 fully saturated rings. The van der Waals surface area contributed by atoms with Gasteiger partial charge in [-0.05, 0) is 60.9 Å². The van der Waals surface area contributed by atoms with E-state index in [2.05, 4.69) is 5.32 Å². The van der Waals surface area contributed by atoms with Gasteiger partial charge >= 0.3 is 0 Å². The third-order valence-electron chi connectivity index (χ3n) is 4.89. The number of carbonyl (C=O) groups excluding carboxylic acids is 1. The maximum absolute atomic E-state index is 13.7. The molecule has 162 valence electrons. The number of hydrogen-bond acceptors (Lipinski definition) is 3. The van der Waals surface area contributed by atoms with E-state index in [-0.39, 0.29) is 23.5 Å². The van der Waals surface area contributed by atoms with Gasteiger partial charge in [0.25, 0.3) is 0 Å². The van der Waals surface area contributed by atoms with Crippen LogP contribution in [0.3, 0.4) is 0 Å². The molecule has 4 nitrogen and oxygen atoms in total. The Labute approximate surface area is 180 Å². The lowest BCUT2D eigenvalue weighted by Gasteiger charge is -2.20. The van der Waals surface area contributed by atoms with Crippen LogP contribution in [0.5, 0.6) is 0 Å². The number of halogens is 2. The van der Waals surface area contributed by atoms with E-state index in [4.69, 9.17) is 0 Å². The molecule has 1 atom stereocenters. The summed E-state index contributed by atoms with van der Waals surface area (Å²) in [6.07, 6.45) is -0.0111. The number of hydrogen-bond donors (Lipinski definition) is 1. The number of rotatable bonds is 8. The molecule has 1 amide bonds. The Kier molecular flexibility index (Phi) is 7.17. The monoisotopic (exact) mass is 443 g/mol. The lowest BCUT2D eigenvalue weighted by molar-refractivity contribution is -0.121. The molecule has 31 heavy (non-hydrogen) atoms. The first-order valence-electron chi connectivity index (χ1n) is 9.82. The van der Waals surface area contributed by atoms with Gasteiger partial charge in [-0.15, -0.1) is 0 Å². The van der Waals surface area contributed by atoms with Crippen molar-refractivity contribution in [1.29, 1.82) is 0 Å². The Morgan fingerprint density at radius 3 is 2.23 bits per heavy atom. The van der Waals surface area contributed by atoms with Crippen molar-refractivity contribution in [2.24, 2.45) is 0 Å². The van der Waals surface area contributed by atoms with E-state index in [0.29, 0.717) is 11.1 Å². The Balaban J connectivity index is 1.72. The van der Waals surface area contributed by atoms with Gasteiger partial charge in [0.15, 0.2) is 9.84 Å². The smallest absolute Gasteiger partial charge is 0.221 e. The van der Waals surface area contributed by atoms with E-state index >= 15 is 0 Å². The van der Waals surface area contributed by atoms with Gasteiger partial charge in [-0.25, -0.2) is 17.2 Å². The zero-order valence-corrected chi connectivity index (χ0v) is 17.8. The molecule has 0 bridgehead atoms. The molecule has 3 rings (SSSR count). The summed E-state index contributed by atoms with van der Waals surface area (Å²) in [7, 11) is -3.61. The Morgan fingerprint density at radius 2 is 1.58 bits per heavy atom. The lowest BCUT2D eigenvalue weighted by atomic mass is 9.98. The van der Waals surface area contributed by atoms with Gasteiger partial charge in [0, 0.05) is 6.42 Å². The van der Waals surface area contributed by atoms with Gasteiger partial charge < -0.3 is 5.32 Å². The molecule has 7 heteroatoms. The van der Waals surface area contributed by atoms with E-state index in [1.54, 1.807) is 30.3 Å². The van der Waals surface area contributed by atoms with E-state index in [1.165, 1.54) is 42.5 Å². The van der Waals surface area contributed by atoms with Crippen LogP contribution in [0.4, 0.5) is 8.78 Å². The molecule has 0 saturated carbocycles. The first kappa shape index (κ1) is 22.6. The van der Waals surface area contributed by atoms with Crippen molar-refractivity contribution in [3.63, 3.8) is 0 Å². The number of sulfone groups is 1. The van der Waals surface area contributed by atoms with Crippen molar-refractivity contribution >= 4 is 15.7 Å². The molecule has 0 saturated heterocycles. The normalized spacial score (nSPS) is 12.4. The SMILES string of the molecule is Cc1ccc(S(=O)(=O)CCC(=O)NC(Cc2cccc(F)c2)c2cccc(F)c2)cc1. The molecule has 1 unspecified atom stereocenters. The molecule has 0 aliphatic rings. The van der Waals surface area contributed by atoms with Crippen LogP contribution < -0.4 is 5.32 Å². The Hall–Kier alpha value is -3.06. The molecule has 0 radical (unpaired) electrons. The highest BCUT2D eigenvalue weighted by molar-refractivity contribution is 7.91. The molecule has 0 aliphatic carbocycles. The quantitative estimate of drug-likeness (QED) is 0.556. The fourth-order valence-electron chi connectivity index (χ4n) is 3.23. The van der Waals surface area contributed by atoms with Crippen LogP contribution in [0.2, 0.25) is 0 Å². The number of benzene rings is 3. The maximum Gasteiger partial charge on any atom is 0.221 e. The molecule has 0 spiro atoms. The number of carbonyl (C=O) groups is 1. The van der Waals surface area contributed by atoms with E-state index in [1.807, 2.05) is 6.92 Å². The van der Waals surface area contributed by atoms with Crippen molar-refractivity contribution in [2.45, 2.75) is 30.7 Å². The minimum atomic E-state index is -3.61. The summed E-state index contributed by atoms with van der Waals surface area (Å²) in [4.78, 5) is 12.7. The predicted molar refractivity (Wildman–Crippen MR) is 115 cm³/mol. The first-order valence-corrected chi connectivity index (χ1v) is 11.5. The second-order valence-corrected chi connectivity index (χ2v) is 9.50. The summed E-state index contributed by atoms with van der Waals surface area (Å²) in [6, 6.07) is 17.5. The highest BCUT2D eigenvalue weighted by Gasteiger charge is 2.20. The van der Waals surface area contributed by atoms with Crippen LogP contribution in [0.15, 0.2) is 77.7 Å². The molecular weight excluding hydrogens is 420 g/mol. The lowest BCUT2D eigenvalue weighted by Crippen LogP contribution is -2.31. The van der Waals surface area contributed by atoms with Crippen molar-refractivity contribution in [1.82, 2.24) is 5.32 Å². The molecular formula is C24H23F2NO3S. The molecule has 0 aromatic heterocycles. The molecule has 0 heterocycles. The second-order valence-electron chi connectivity index (χ2n) is 7.39. The van der Waals surface area contributed by atoms with E-state index in [0.717, 1.165) is 5.56 Å². The van der Waals surface area contributed by atoms with Crippen molar-refractivity contribution in [2.75, 3.05) is 5.75 Å². The predicted octanol–water partition coefficient (Wildman–Crippen LogP) is 4.54. The minimum absolute atomic E-state index is 0.160. The fraction of sp³-hybridized carbons (Fsp3) is 0.208. The molecule has 1 N–H and O–H groups in total. The number of aryl methyl sites for hydroxylation is 1. The standard InChI is InChI=1S/C24H23F2NO3S/c1-17-8-10-22(11-9-17)31(29,30)13-12-24(28)27-23(19-5-3-7-21(26)16-19)15-18-4-2-6-20(25)14-18/h2-11,14,16,23H,12-13,15H2,1H3,(H,27,28). The third kappa shape index (κ3) is 6.46. The zero-order chi connectivity index (χ0) is 22.4. The van der Waals surface area contributed by atoms with Crippen LogP contribution in [-0.2, 0) is 21.1 Å². The summed E-state index contributed by atoms with van der Waals surface area (Å²) in [5, 5.41) is 2.77. The summed E-state index contributed by atoms with van der Waals surface area (Å²) in [6.45, 7) is 1.86. The van der Waals surface area contributed by atoms with Gasteiger partial charge in [-0.2, -0.15) is 0 Å².